The summed E-state index contributed by atoms with van der Waals surface area (Å²) < 4.78 is 6.61. The van der Waals surface area contributed by atoms with E-state index in [0.29, 0.717) is 24.8 Å². The summed E-state index contributed by atoms with van der Waals surface area (Å²) in [5, 5.41) is 10.1. The van der Waals surface area contributed by atoms with E-state index in [0.717, 1.165) is 18.5 Å². The van der Waals surface area contributed by atoms with Gasteiger partial charge in [-0.1, -0.05) is 0 Å². The monoisotopic (exact) mass is 451 g/mol. The summed E-state index contributed by atoms with van der Waals surface area (Å²) in [6, 6.07) is 0. The average molecular weight is 451 g/mol. The second-order valence-electron chi connectivity index (χ2n) is 7.80. The quantitative estimate of drug-likeness (QED) is 0.497. The van der Waals surface area contributed by atoms with Crippen LogP contribution < -0.4 is 10.6 Å². The molecule has 3 heterocycles. The van der Waals surface area contributed by atoms with E-state index in [-0.39, 0.29) is 28.8 Å². The van der Waals surface area contributed by atoms with E-state index in [4.69, 9.17) is 4.74 Å². The lowest BCUT2D eigenvalue weighted by Gasteiger charge is -2.15. The van der Waals surface area contributed by atoms with Crippen molar-refractivity contribution in [2.24, 2.45) is 0 Å². The largest absolute Gasteiger partial charge is 0.383 e. The highest BCUT2D eigenvalue weighted by Crippen LogP contribution is 2.39. The first-order valence-electron chi connectivity index (χ1n) is 10.4. The first kappa shape index (κ1) is 22.3. The molecule has 1 fully saturated rings. The van der Waals surface area contributed by atoms with Crippen molar-refractivity contribution in [3.63, 3.8) is 0 Å². The number of nitrogens with zero attached hydrogens (tertiary/aromatic N) is 7. The van der Waals surface area contributed by atoms with Crippen LogP contribution in [-0.4, -0.2) is 74.2 Å². The summed E-state index contributed by atoms with van der Waals surface area (Å²) in [5.41, 5.74) is 1.97. The van der Waals surface area contributed by atoms with Gasteiger partial charge in [0.2, 0.25) is 0 Å². The number of carbonyl (C=O) groups is 2. The number of rotatable bonds is 9. The highest BCUT2D eigenvalue weighted by Gasteiger charge is 2.29. The molecule has 172 valence electrons. The van der Waals surface area contributed by atoms with Gasteiger partial charge in [-0.2, -0.15) is 5.10 Å². The van der Waals surface area contributed by atoms with Crippen molar-refractivity contribution in [2.75, 3.05) is 38.4 Å². The summed E-state index contributed by atoms with van der Waals surface area (Å²) in [4.78, 5) is 44.5. The number of aromatic nitrogens is 6. The topological polar surface area (TPSA) is 140 Å². The van der Waals surface area contributed by atoms with Crippen LogP contribution in [0, 0.1) is 0 Å². The zero-order valence-electron chi connectivity index (χ0n) is 18.6. The van der Waals surface area contributed by atoms with Crippen LogP contribution in [0.1, 0.15) is 45.4 Å². The fourth-order valence-electron chi connectivity index (χ4n) is 3.17. The van der Waals surface area contributed by atoms with Gasteiger partial charge in [-0.25, -0.2) is 19.9 Å². The SMILES string of the molecule is COCCn1ncc(NC(=O)c2nc(C3CC3)cnc2Nc2cncnc2)c1C(=O)N(C)C. The standard InChI is InChI=1S/C21H25N9O3/c1-29(2)21(32)18-16(11-25-30(18)6-7-33-3)28-20(31)17-19(26-14-8-22-12-23-9-14)24-10-15(27-17)13-4-5-13/h8-13H,4-7H2,1-3H3,(H,24,26)(H,28,31). The summed E-state index contributed by atoms with van der Waals surface area (Å²) in [5.74, 6) is -0.236. The summed E-state index contributed by atoms with van der Waals surface area (Å²) >= 11 is 0. The van der Waals surface area contributed by atoms with E-state index in [2.05, 4.69) is 35.7 Å². The molecule has 0 bridgehead atoms. The Hall–Kier alpha value is -3.93. The van der Waals surface area contributed by atoms with E-state index in [1.54, 1.807) is 39.8 Å². The van der Waals surface area contributed by atoms with Crippen LogP contribution in [0.3, 0.4) is 0 Å². The van der Waals surface area contributed by atoms with Gasteiger partial charge in [0.1, 0.15) is 12.0 Å². The van der Waals surface area contributed by atoms with Gasteiger partial charge in [-0.05, 0) is 12.8 Å². The zero-order valence-corrected chi connectivity index (χ0v) is 18.6. The molecule has 0 aromatic carbocycles. The van der Waals surface area contributed by atoms with Crippen LogP contribution in [0.25, 0.3) is 0 Å². The van der Waals surface area contributed by atoms with Gasteiger partial charge < -0.3 is 20.3 Å². The minimum Gasteiger partial charge on any atom is -0.383 e. The Labute approximate surface area is 190 Å². The van der Waals surface area contributed by atoms with Crippen molar-refractivity contribution in [3.05, 3.63) is 48.2 Å². The Morgan fingerprint density at radius 1 is 1.18 bits per heavy atom. The van der Waals surface area contributed by atoms with E-state index < -0.39 is 5.91 Å². The average Bonchev–Trinajstić information content (AvgIpc) is 3.59. The van der Waals surface area contributed by atoms with Crippen molar-refractivity contribution in [1.29, 1.82) is 0 Å². The predicted molar refractivity (Wildman–Crippen MR) is 119 cm³/mol. The second kappa shape index (κ2) is 9.69. The Bertz CT molecular complexity index is 1140. The third-order valence-electron chi connectivity index (χ3n) is 5.03. The Morgan fingerprint density at radius 2 is 1.94 bits per heavy atom. The zero-order chi connectivity index (χ0) is 23.4. The number of carbonyl (C=O) groups excluding carboxylic acids is 2. The number of anilines is 3. The molecule has 1 saturated carbocycles. The van der Waals surface area contributed by atoms with Crippen molar-refractivity contribution < 1.29 is 14.3 Å². The summed E-state index contributed by atoms with van der Waals surface area (Å²) in [6.07, 6.45) is 9.69. The highest BCUT2D eigenvalue weighted by molar-refractivity contribution is 6.09. The van der Waals surface area contributed by atoms with E-state index in [9.17, 15) is 9.59 Å². The van der Waals surface area contributed by atoms with Crippen LogP contribution in [-0.2, 0) is 11.3 Å². The number of hydrogen-bond donors (Lipinski definition) is 2. The molecule has 12 heteroatoms. The van der Waals surface area contributed by atoms with Crippen LogP contribution in [0.2, 0.25) is 0 Å². The maximum Gasteiger partial charge on any atom is 0.278 e. The van der Waals surface area contributed by atoms with Gasteiger partial charge in [-0.15, -0.1) is 0 Å². The van der Waals surface area contributed by atoms with Crippen molar-refractivity contribution in [1.82, 2.24) is 34.6 Å². The molecule has 1 aliphatic rings. The molecule has 4 rings (SSSR count). The molecular weight excluding hydrogens is 426 g/mol. The lowest BCUT2D eigenvalue weighted by molar-refractivity contribution is 0.0813. The maximum atomic E-state index is 13.3. The van der Waals surface area contributed by atoms with Crippen molar-refractivity contribution in [3.8, 4) is 0 Å². The minimum absolute atomic E-state index is 0.108. The van der Waals surface area contributed by atoms with Gasteiger partial charge in [0.05, 0.1) is 55.0 Å². The van der Waals surface area contributed by atoms with Crippen molar-refractivity contribution in [2.45, 2.75) is 25.3 Å². The predicted octanol–water partition coefficient (Wildman–Crippen LogP) is 1.68. The first-order chi connectivity index (χ1) is 16.0. The molecule has 0 spiro atoms. The first-order valence-corrected chi connectivity index (χ1v) is 10.4. The highest BCUT2D eigenvalue weighted by atomic mass is 16.5. The lowest BCUT2D eigenvalue weighted by Crippen LogP contribution is -2.27. The maximum absolute atomic E-state index is 13.3. The Balaban J connectivity index is 1.66. The second-order valence-corrected chi connectivity index (χ2v) is 7.80. The molecule has 0 radical (unpaired) electrons. The number of hydrogen-bond acceptors (Lipinski definition) is 9. The number of amides is 2. The molecule has 1 aliphatic carbocycles. The molecule has 0 unspecified atom stereocenters. The molecule has 3 aromatic heterocycles. The van der Waals surface area contributed by atoms with Gasteiger partial charge in [0.15, 0.2) is 11.5 Å². The number of nitrogens with one attached hydrogen (secondary N) is 2. The fourth-order valence-corrected chi connectivity index (χ4v) is 3.17. The van der Waals surface area contributed by atoms with Crippen LogP contribution in [0.5, 0.6) is 0 Å². The van der Waals surface area contributed by atoms with Gasteiger partial charge in [0, 0.05) is 27.1 Å². The molecule has 0 saturated heterocycles. The summed E-state index contributed by atoms with van der Waals surface area (Å²) in [6.45, 7) is 0.726. The molecule has 33 heavy (non-hydrogen) atoms. The van der Waals surface area contributed by atoms with Crippen LogP contribution in [0.4, 0.5) is 17.2 Å². The van der Waals surface area contributed by atoms with E-state index in [1.165, 1.54) is 22.1 Å². The van der Waals surface area contributed by atoms with Crippen molar-refractivity contribution >= 4 is 29.0 Å². The molecule has 0 aliphatic heterocycles. The number of ether oxygens (including phenoxy) is 1. The Kier molecular flexibility index (Phi) is 6.54. The van der Waals surface area contributed by atoms with Gasteiger partial charge in [-0.3, -0.25) is 14.3 Å². The molecule has 2 amide bonds. The molecule has 3 aromatic rings. The van der Waals surface area contributed by atoms with Crippen LogP contribution in [0.15, 0.2) is 31.1 Å². The Morgan fingerprint density at radius 3 is 2.61 bits per heavy atom. The van der Waals surface area contributed by atoms with E-state index in [1.807, 2.05) is 0 Å². The van der Waals surface area contributed by atoms with Gasteiger partial charge >= 0.3 is 0 Å². The molecule has 2 N–H and O–H groups in total. The van der Waals surface area contributed by atoms with Crippen LogP contribution >= 0.6 is 0 Å². The summed E-state index contributed by atoms with van der Waals surface area (Å²) in [7, 11) is 4.84. The lowest BCUT2D eigenvalue weighted by atomic mass is 10.2. The third kappa shape index (κ3) is 5.12. The fraction of sp³-hybridized carbons (Fsp3) is 0.381. The third-order valence-corrected chi connectivity index (χ3v) is 5.03. The normalized spacial score (nSPS) is 12.9. The molecule has 12 nitrogen and oxygen atoms in total. The van der Waals surface area contributed by atoms with E-state index >= 15 is 0 Å². The minimum atomic E-state index is -0.511. The van der Waals surface area contributed by atoms with Gasteiger partial charge in [0.25, 0.3) is 11.8 Å². The molecular formula is C21H25N9O3. The number of methoxy groups -OCH3 is 1. The molecule has 0 atom stereocenters. The smallest absolute Gasteiger partial charge is 0.278 e.